The molecule has 2 aromatic heterocycles. The first-order valence-corrected chi connectivity index (χ1v) is 12.6. The van der Waals surface area contributed by atoms with E-state index in [1.807, 2.05) is 35.9 Å². The highest BCUT2D eigenvalue weighted by molar-refractivity contribution is 7.91. The van der Waals surface area contributed by atoms with Gasteiger partial charge in [-0.2, -0.15) is 0 Å². The summed E-state index contributed by atoms with van der Waals surface area (Å²) in [6, 6.07) is 7.97. The Kier molecular flexibility index (Phi) is 5.58. The molecule has 0 spiro atoms. The summed E-state index contributed by atoms with van der Waals surface area (Å²) >= 11 is 0. The van der Waals surface area contributed by atoms with E-state index in [0.717, 1.165) is 54.8 Å². The predicted molar refractivity (Wildman–Crippen MR) is 117 cm³/mol. The molecule has 2 aliphatic rings. The lowest BCUT2D eigenvalue weighted by Gasteiger charge is -2.19. The molecule has 0 unspecified atom stereocenters. The number of benzene rings is 1. The Balaban J connectivity index is 1.36. The molecule has 2 fully saturated rings. The average Bonchev–Trinajstić information content (AvgIpc) is 3.10. The van der Waals surface area contributed by atoms with Crippen molar-refractivity contribution < 1.29 is 13.2 Å². The molecule has 1 aliphatic carbocycles. The van der Waals surface area contributed by atoms with E-state index >= 15 is 0 Å². The maximum Gasteiger partial charge on any atom is 0.227 e. The van der Waals surface area contributed by atoms with E-state index < -0.39 is 9.84 Å². The monoisotopic (exact) mass is 443 g/mol. The minimum absolute atomic E-state index is 0.0449. The summed E-state index contributed by atoms with van der Waals surface area (Å²) in [5.74, 6) is 1.37. The summed E-state index contributed by atoms with van der Waals surface area (Å²) < 4.78 is 33.7. The lowest BCUT2D eigenvalue weighted by atomic mass is 10.2. The first kappa shape index (κ1) is 20.7. The van der Waals surface area contributed by atoms with Gasteiger partial charge in [-0.15, -0.1) is 0 Å². The van der Waals surface area contributed by atoms with Crippen LogP contribution in [0, 0.1) is 5.92 Å². The minimum Gasteiger partial charge on any atom is -0.376 e. The Labute approximate surface area is 182 Å². The number of aromatic amines is 1. The number of para-hydroxylation sites is 2. The highest BCUT2D eigenvalue weighted by Crippen LogP contribution is 2.32. The second kappa shape index (κ2) is 8.37. The van der Waals surface area contributed by atoms with Crippen LogP contribution >= 0.6 is 0 Å². The van der Waals surface area contributed by atoms with Crippen LogP contribution in [0.3, 0.4) is 0 Å². The summed E-state index contributed by atoms with van der Waals surface area (Å²) in [7, 11) is -1.39. The Bertz CT molecular complexity index is 1130. The molecule has 0 radical (unpaired) electrons. The fraction of sp³-hybridized carbons (Fsp3) is 0.545. The zero-order chi connectivity index (χ0) is 21.4. The summed E-state index contributed by atoms with van der Waals surface area (Å²) in [5.41, 5.74) is 2.86. The van der Waals surface area contributed by atoms with Crippen LogP contribution in [0.15, 0.2) is 35.6 Å². The van der Waals surface area contributed by atoms with Crippen molar-refractivity contribution in [1.29, 1.82) is 0 Å². The van der Waals surface area contributed by atoms with E-state index in [0.29, 0.717) is 19.6 Å². The fourth-order valence-electron chi connectivity index (χ4n) is 4.29. The zero-order valence-corrected chi connectivity index (χ0v) is 18.6. The van der Waals surface area contributed by atoms with E-state index in [-0.39, 0.29) is 22.9 Å². The van der Waals surface area contributed by atoms with E-state index in [2.05, 4.69) is 19.9 Å². The SMILES string of the molecule is CN(Cc1nc2ccccc2[nH]1)Cc1cnc(S(=O)(=O)CC2CC2)n1C[C@@H]1CCCO1. The van der Waals surface area contributed by atoms with Crippen LogP contribution in [0.4, 0.5) is 0 Å². The molecule has 1 aromatic carbocycles. The highest BCUT2D eigenvalue weighted by Gasteiger charge is 2.33. The minimum atomic E-state index is -3.40. The van der Waals surface area contributed by atoms with Crippen LogP contribution in [0.5, 0.6) is 0 Å². The molecule has 1 saturated carbocycles. The van der Waals surface area contributed by atoms with E-state index in [4.69, 9.17) is 4.74 Å². The number of hydrogen-bond acceptors (Lipinski definition) is 6. The largest absolute Gasteiger partial charge is 0.376 e. The number of imidazole rings is 2. The van der Waals surface area contributed by atoms with Crippen molar-refractivity contribution in [2.24, 2.45) is 5.92 Å². The summed E-state index contributed by atoms with van der Waals surface area (Å²) in [5, 5.41) is 0.196. The second-order valence-electron chi connectivity index (χ2n) is 8.88. The molecule has 9 heteroatoms. The molecule has 3 heterocycles. The molecule has 1 aliphatic heterocycles. The highest BCUT2D eigenvalue weighted by atomic mass is 32.2. The maximum absolute atomic E-state index is 13.0. The van der Waals surface area contributed by atoms with Crippen LogP contribution in [-0.4, -0.2) is 58.3 Å². The fourth-order valence-corrected chi connectivity index (χ4v) is 6.14. The molecule has 166 valence electrons. The summed E-state index contributed by atoms with van der Waals surface area (Å²) in [4.78, 5) is 14.5. The number of rotatable bonds is 9. The Morgan fingerprint density at radius 3 is 2.81 bits per heavy atom. The Morgan fingerprint density at radius 1 is 1.23 bits per heavy atom. The smallest absolute Gasteiger partial charge is 0.227 e. The quantitative estimate of drug-likeness (QED) is 0.547. The van der Waals surface area contributed by atoms with Crippen LogP contribution in [0.2, 0.25) is 0 Å². The molecule has 3 aromatic rings. The number of nitrogens with zero attached hydrogens (tertiary/aromatic N) is 4. The summed E-state index contributed by atoms with van der Waals surface area (Å²) in [6.45, 7) is 2.48. The van der Waals surface area contributed by atoms with Crippen molar-refractivity contribution in [3.05, 3.63) is 42.0 Å². The van der Waals surface area contributed by atoms with E-state index in [9.17, 15) is 8.42 Å². The van der Waals surface area contributed by atoms with Gasteiger partial charge in [0.05, 0.1) is 47.9 Å². The van der Waals surface area contributed by atoms with Crippen LogP contribution in [-0.2, 0) is 34.2 Å². The van der Waals surface area contributed by atoms with Gasteiger partial charge in [-0.1, -0.05) is 12.1 Å². The predicted octanol–water partition coefficient (Wildman–Crippen LogP) is 2.75. The topological polar surface area (TPSA) is 93.1 Å². The number of ether oxygens (including phenoxy) is 1. The van der Waals surface area contributed by atoms with Crippen LogP contribution in [0.25, 0.3) is 11.0 Å². The third kappa shape index (κ3) is 4.68. The lowest BCUT2D eigenvalue weighted by Crippen LogP contribution is -2.25. The molecule has 1 atom stereocenters. The summed E-state index contributed by atoms with van der Waals surface area (Å²) in [6.07, 6.45) is 5.73. The Hall–Kier alpha value is -2.23. The second-order valence-corrected chi connectivity index (χ2v) is 10.8. The van der Waals surface area contributed by atoms with Gasteiger partial charge < -0.3 is 14.3 Å². The van der Waals surface area contributed by atoms with Gasteiger partial charge in [-0.25, -0.2) is 18.4 Å². The van der Waals surface area contributed by atoms with Crippen LogP contribution in [0.1, 0.15) is 37.2 Å². The number of fused-ring (bicyclic) bond motifs is 1. The van der Waals surface area contributed by atoms with Gasteiger partial charge in [0, 0.05) is 13.2 Å². The number of sulfone groups is 1. The van der Waals surface area contributed by atoms with Crippen molar-refractivity contribution in [2.45, 2.75) is 56.6 Å². The van der Waals surface area contributed by atoms with Gasteiger partial charge in [-0.3, -0.25) is 4.90 Å². The third-order valence-corrected chi connectivity index (χ3v) is 7.82. The van der Waals surface area contributed by atoms with Crippen molar-refractivity contribution in [3.8, 4) is 0 Å². The van der Waals surface area contributed by atoms with Crippen LogP contribution < -0.4 is 0 Å². The van der Waals surface area contributed by atoms with Gasteiger partial charge in [0.25, 0.3) is 0 Å². The molecular weight excluding hydrogens is 414 g/mol. The molecule has 5 rings (SSSR count). The van der Waals surface area contributed by atoms with Crippen molar-refractivity contribution in [3.63, 3.8) is 0 Å². The first-order chi connectivity index (χ1) is 15.0. The normalized spacial score (nSPS) is 19.6. The Morgan fingerprint density at radius 2 is 2.06 bits per heavy atom. The van der Waals surface area contributed by atoms with Crippen molar-refractivity contribution >= 4 is 20.9 Å². The standard InChI is InChI=1S/C22H29N5O3S/c1-26(14-21-24-19-6-2-3-7-20(19)25-21)12-17-11-23-22(31(28,29)15-16-8-9-16)27(17)13-18-5-4-10-30-18/h2-3,6-7,11,16,18H,4-5,8-10,12-15H2,1H3,(H,24,25)/t18-/m0/s1. The number of hydrogen-bond donors (Lipinski definition) is 1. The molecule has 1 saturated heterocycles. The lowest BCUT2D eigenvalue weighted by molar-refractivity contribution is 0.0934. The molecule has 0 amide bonds. The van der Waals surface area contributed by atoms with Gasteiger partial charge >= 0.3 is 0 Å². The molecular formula is C22H29N5O3S. The van der Waals surface area contributed by atoms with E-state index in [1.165, 1.54) is 0 Å². The number of aromatic nitrogens is 4. The molecule has 31 heavy (non-hydrogen) atoms. The van der Waals surface area contributed by atoms with E-state index in [1.54, 1.807) is 6.20 Å². The molecule has 0 bridgehead atoms. The average molecular weight is 444 g/mol. The van der Waals surface area contributed by atoms with Gasteiger partial charge in [0.15, 0.2) is 0 Å². The molecule has 1 N–H and O–H groups in total. The van der Waals surface area contributed by atoms with Gasteiger partial charge in [-0.05, 0) is 50.8 Å². The zero-order valence-electron chi connectivity index (χ0n) is 17.8. The number of H-pyrrole nitrogens is 1. The first-order valence-electron chi connectivity index (χ1n) is 11.0. The maximum atomic E-state index is 13.0. The van der Waals surface area contributed by atoms with Gasteiger partial charge in [0.2, 0.25) is 15.0 Å². The number of nitrogens with one attached hydrogen (secondary N) is 1. The molecule has 8 nitrogen and oxygen atoms in total. The van der Waals surface area contributed by atoms with Crippen molar-refractivity contribution in [2.75, 3.05) is 19.4 Å². The van der Waals surface area contributed by atoms with Gasteiger partial charge in [0.1, 0.15) is 5.82 Å². The van der Waals surface area contributed by atoms with Crippen molar-refractivity contribution in [1.82, 2.24) is 24.4 Å². The third-order valence-electron chi connectivity index (χ3n) is 6.03.